The van der Waals surface area contributed by atoms with Crippen molar-refractivity contribution in [3.05, 3.63) is 63.4 Å². The van der Waals surface area contributed by atoms with Gasteiger partial charge in [-0.3, -0.25) is 14.2 Å². The molecule has 0 aliphatic rings. The zero-order valence-electron chi connectivity index (χ0n) is 15.7. The van der Waals surface area contributed by atoms with Gasteiger partial charge in [-0.2, -0.15) is 10.2 Å². The van der Waals surface area contributed by atoms with Gasteiger partial charge in [0.25, 0.3) is 0 Å². The van der Waals surface area contributed by atoms with E-state index in [2.05, 4.69) is 15.5 Å². The molecular weight excluding hydrogens is 404 g/mol. The molecule has 0 aliphatic heterocycles. The zero-order chi connectivity index (χ0) is 20.4. The molecule has 0 bridgehead atoms. The Balaban J connectivity index is 1.73. The molecule has 1 unspecified atom stereocenters. The summed E-state index contributed by atoms with van der Waals surface area (Å²) in [6, 6.07) is 3.73. The Kier molecular flexibility index (Phi) is 6.05. The van der Waals surface area contributed by atoms with E-state index in [-0.39, 0.29) is 5.91 Å². The number of carbonyl (C=O) groups excluding carboxylic acids is 1. The molecule has 0 fully saturated rings. The van der Waals surface area contributed by atoms with Crippen molar-refractivity contribution in [2.24, 2.45) is 0 Å². The smallest absolute Gasteiger partial charge is 0.249 e. The number of benzene rings is 1. The summed E-state index contributed by atoms with van der Waals surface area (Å²) in [6.45, 7) is 5.91. The molecule has 2 aromatic heterocycles. The summed E-state index contributed by atoms with van der Waals surface area (Å²) in [5, 5.41) is 12.4. The van der Waals surface area contributed by atoms with E-state index in [0.717, 1.165) is 11.3 Å². The van der Waals surface area contributed by atoms with Gasteiger partial charge in [0, 0.05) is 11.2 Å². The van der Waals surface area contributed by atoms with Crippen LogP contribution in [0.15, 0.2) is 30.6 Å². The highest BCUT2D eigenvalue weighted by Crippen LogP contribution is 2.25. The zero-order valence-corrected chi connectivity index (χ0v) is 17.2. The molecule has 3 aromatic rings. The number of nitrogens with zero attached hydrogens (tertiary/aromatic N) is 4. The molecule has 0 aliphatic carbocycles. The fourth-order valence-electron chi connectivity index (χ4n) is 2.98. The van der Waals surface area contributed by atoms with Crippen molar-refractivity contribution in [3.8, 4) is 0 Å². The van der Waals surface area contributed by atoms with Gasteiger partial charge >= 0.3 is 0 Å². The predicted molar refractivity (Wildman–Crippen MR) is 107 cm³/mol. The van der Waals surface area contributed by atoms with Crippen molar-refractivity contribution in [1.82, 2.24) is 19.6 Å². The molecule has 3 rings (SSSR count). The Hall–Kier alpha value is -2.38. The van der Waals surface area contributed by atoms with Gasteiger partial charge in [-0.25, -0.2) is 4.39 Å². The minimum Gasteiger partial charge on any atom is -0.322 e. The summed E-state index contributed by atoms with van der Waals surface area (Å²) in [5.41, 5.74) is 2.72. The van der Waals surface area contributed by atoms with Crippen molar-refractivity contribution in [2.75, 3.05) is 5.32 Å². The second-order valence-electron chi connectivity index (χ2n) is 6.50. The summed E-state index contributed by atoms with van der Waals surface area (Å²) in [7, 11) is 0. The Bertz CT molecular complexity index is 1010. The summed E-state index contributed by atoms with van der Waals surface area (Å²) >= 11 is 12.3. The van der Waals surface area contributed by atoms with E-state index in [1.165, 1.54) is 12.1 Å². The number of anilines is 1. The first kappa shape index (κ1) is 20.4. The number of amides is 1. The number of aryl methyl sites for hydroxylation is 1. The lowest BCUT2D eigenvalue weighted by atomic mass is 10.2. The Morgan fingerprint density at radius 3 is 2.68 bits per heavy atom. The van der Waals surface area contributed by atoms with Crippen LogP contribution in [0.5, 0.6) is 0 Å². The average molecular weight is 424 g/mol. The lowest BCUT2D eigenvalue weighted by molar-refractivity contribution is -0.119. The summed E-state index contributed by atoms with van der Waals surface area (Å²) in [5.74, 6) is -0.596. The quantitative estimate of drug-likeness (QED) is 0.620. The van der Waals surface area contributed by atoms with E-state index < -0.39 is 11.9 Å². The molecule has 0 saturated carbocycles. The highest BCUT2D eigenvalue weighted by Gasteiger charge is 2.23. The van der Waals surface area contributed by atoms with Crippen molar-refractivity contribution in [1.29, 1.82) is 0 Å². The van der Waals surface area contributed by atoms with Crippen molar-refractivity contribution < 1.29 is 9.18 Å². The number of hydrogen-bond acceptors (Lipinski definition) is 3. The monoisotopic (exact) mass is 423 g/mol. The maximum atomic E-state index is 13.2. The normalized spacial score (nSPS) is 12.2. The molecule has 1 N–H and O–H groups in total. The lowest BCUT2D eigenvalue weighted by Gasteiger charge is -2.16. The Labute approximate surface area is 172 Å². The van der Waals surface area contributed by atoms with Gasteiger partial charge < -0.3 is 5.32 Å². The van der Waals surface area contributed by atoms with E-state index in [0.29, 0.717) is 34.4 Å². The van der Waals surface area contributed by atoms with Crippen molar-refractivity contribution >= 4 is 34.8 Å². The van der Waals surface area contributed by atoms with Crippen LogP contribution in [0.3, 0.4) is 0 Å². The van der Waals surface area contributed by atoms with Gasteiger partial charge in [0.15, 0.2) is 0 Å². The highest BCUT2D eigenvalue weighted by atomic mass is 35.5. The van der Waals surface area contributed by atoms with E-state index in [4.69, 9.17) is 23.2 Å². The van der Waals surface area contributed by atoms with E-state index in [9.17, 15) is 9.18 Å². The van der Waals surface area contributed by atoms with Crippen LogP contribution in [-0.2, 0) is 11.3 Å². The molecule has 148 valence electrons. The van der Waals surface area contributed by atoms with Crippen LogP contribution in [0.2, 0.25) is 10.0 Å². The molecule has 9 heteroatoms. The number of halogens is 3. The lowest BCUT2D eigenvalue weighted by Crippen LogP contribution is -2.27. The number of hydrogen-bond donors (Lipinski definition) is 1. The topological polar surface area (TPSA) is 64.7 Å². The summed E-state index contributed by atoms with van der Waals surface area (Å²) < 4.78 is 16.4. The molecule has 6 nitrogen and oxygen atoms in total. The van der Waals surface area contributed by atoms with E-state index in [1.54, 1.807) is 34.7 Å². The maximum absolute atomic E-state index is 13.2. The fourth-order valence-corrected chi connectivity index (χ4v) is 3.33. The molecule has 1 amide bonds. The molecule has 28 heavy (non-hydrogen) atoms. The van der Waals surface area contributed by atoms with Crippen LogP contribution in [0.1, 0.15) is 36.3 Å². The van der Waals surface area contributed by atoms with Crippen LogP contribution in [-0.4, -0.2) is 25.5 Å². The molecule has 0 spiro atoms. The standard InChI is InChI=1S/C19H20Cl2FN5O/c1-4-17(27-12(3)18(21)11(2)25-27)19(28)24-15-8-23-26(10-15)9-13-5-6-14(22)7-16(13)20/h5-8,10,17H,4,9H2,1-3H3,(H,24,28). The minimum atomic E-state index is -0.485. The first-order chi connectivity index (χ1) is 13.3. The van der Waals surface area contributed by atoms with Gasteiger partial charge in [-0.1, -0.05) is 36.2 Å². The van der Waals surface area contributed by atoms with Gasteiger partial charge in [0.05, 0.1) is 34.8 Å². The number of rotatable bonds is 6. The fraction of sp³-hybridized carbons (Fsp3) is 0.316. The summed E-state index contributed by atoms with van der Waals surface area (Å²) in [4.78, 5) is 12.8. The number of aromatic nitrogens is 4. The molecule has 1 atom stereocenters. The molecule has 0 radical (unpaired) electrons. The van der Waals surface area contributed by atoms with Gasteiger partial charge in [-0.05, 0) is 38.0 Å². The largest absolute Gasteiger partial charge is 0.322 e. The molecule has 1 aromatic carbocycles. The first-order valence-electron chi connectivity index (χ1n) is 8.78. The SMILES string of the molecule is CCC(C(=O)Nc1cnn(Cc2ccc(F)cc2Cl)c1)n1nc(C)c(Cl)c1C. The predicted octanol–water partition coefficient (Wildman–Crippen LogP) is 4.78. The minimum absolute atomic E-state index is 0.205. The Morgan fingerprint density at radius 2 is 2.07 bits per heavy atom. The van der Waals surface area contributed by atoms with Crippen LogP contribution >= 0.6 is 23.2 Å². The van der Waals surface area contributed by atoms with Crippen LogP contribution < -0.4 is 5.32 Å². The first-order valence-corrected chi connectivity index (χ1v) is 9.54. The second kappa shape index (κ2) is 8.32. The Morgan fingerprint density at radius 1 is 1.32 bits per heavy atom. The van der Waals surface area contributed by atoms with E-state index in [1.807, 2.05) is 13.8 Å². The molecular formula is C19H20Cl2FN5O. The van der Waals surface area contributed by atoms with Gasteiger partial charge in [-0.15, -0.1) is 0 Å². The van der Waals surface area contributed by atoms with Crippen molar-refractivity contribution in [2.45, 2.75) is 39.8 Å². The highest BCUT2D eigenvalue weighted by molar-refractivity contribution is 6.32. The molecule has 2 heterocycles. The van der Waals surface area contributed by atoms with Crippen LogP contribution in [0, 0.1) is 19.7 Å². The van der Waals surface area contributed by atoms with Crippen LogP contribution in [0.4, 0.5) is 10.1 Å². The van der Waals surface area contributed by atoms with Gasteiger partial charge in [0.1, 0.15) is 11.9 Å². The average Bonchev–Trinajstić information content (AvgIpc) is 3.18. The number of carbonyl (C=O) groups is 1. The van der Waals surface area contributed by atoms with Crippen LogP contribution in [0.25, 0.3) is 0 Å². The molecule has 0 saturated heterocycles. The third kappa shape index (κ3) is 4.20. The van der Waals surface area contributed by atoms with Gasteiger partial charge in [0.2, 0.25) is 5.91 Å². The third-order valence-electron chi connectivity index (χ3n) is 4.47. The van der Waals surface area contributed by atoms with E-state index >= 15 is 0 Å². The number of nitrogens with one attached hydrogen (secondary N) is 1. The van der Waals surface area contributed by atoms with Crippen molar-refractivity contribution in [3.63, 3.8) is 0 Å². The summed E-state index contributed by atoms with van der Waals surface area (Å²) in [6.07, 6.45) is 3.80. The maximum Gasteiger partial charge on any atom is 0.249 e. The second-order valence-corrected chi connectivity index (χ2v) is 7.29. The third-order valence-corrected chi connectivity index (χ3v) is 5.37.